The van der Waals surface area contributed by atoms with Gasteiger partial charge in [-0.25, -0.2) is 9.78 Å². The lowest BCUT2D eigenvalue weighted by Crippen LogP contribution is -2.41. The molecule has 0 aliphatic heterocycles. The molecule has 0 radical (unpaired) electrons. The van der Waals surface area contributed by atoms with E-state index in [1.54, 1.807) is 22.8 Å². The number of aromatic nitrogens is 2. The van der Waals surface area contributed by atoms with Gasteiger partial charge in [0.15, 0.2) is 5.16 Å². The van der Waals surface area contributed by atoms with Crippen LogP contribution in [0.25, 0.3) is 10.2 Å². The number of imide groups is 1. The molecule has 2 N–H and O–H groups in total. The maximum atomic E-state index is 13.1. The van der Waals surface area contributed by atoms with Crippen LogP contribution in [0.3, 0.4) is 0 Å². The first-order valence-corrected chi connectivity index (χ1v) is 10.4. The van der Waals surface area contributed by atoms with Crippen molar-refractivity contribution in [2.24, 2.45) is 0 Å². The fraction of sp³-hybridized carbons (Fsp3) is 0.529. The van der Waals surface area contributed by atoms with Crippen LogP contribution in [0.5, 0.6) is 0 Å². The normalized spacial score (nSPS) is 14.3. The van der Waals surface area contributed by atoms with Crippen LogP contribution in [-0.4, -0.2) is 33.8 Å². The molecular formula is C17H22N4O3S2. The van der Waals surface area contributed by atoms with Crippen molar-refractivity contribution in [2.75, 3.05) is 7.05 Å². The average molecular weight is 395 g/mol. The van der Waals surface area contributed by atoms with E-state index in [2.05, 4.69) is 10.6 Å². The van der Waals surface area contributed by atoms with Crippen molar-refractivity contribution in [3.63, 3.8) is 0 Å². The number of carbonyl (C=O) groups excluding carboxylic acids is 2. The van der Waals surface area contributed by atoms with Crippen molar-refractivity contribution in [1.82, 2.24) is 20.2 Å². The SMILES string of the molecule is CCCn1c(S[C@@H](C)C(=O)NC(=O)NC)nc2sc3c(c2c1=O)CCC3. The van der Waals surface area contributed by atoms with Gasteiger partial charge in [-0.15, -0.1) is 11.3 Å². The van der Waals surface area contributed by atoms with Gasteiger partial charge in [0.05, 0.1) is 10.6 Å². The Bertz CT molecular complexity index is 919. The summed E-state index contributed by atoms with van der Waals surface area (Å²) in [6, 6.07) is -0.550. The molecule has 26 heavy (non-hydrogen) atoms. The molecule has 3 rings (SSSR count). The van der Waals surface area contributed by atoms with E-state index in [-0.39, 0.29) is 5.56 Å². The summed E-state index contributed by atoms with van der Waals surface area (Å²) in [5.74, 6) is -0.416. The first kappa shape index (κ1) is 18.9. The topological polar surface area (TPSA) is 93.1 Å². The zero-order valence-electron chi connectivity index (χ0n) is 15.0. The Balaban J connectivity index is 1.97. The Morgan fingerprint density at radius 2 is 2.15 bits per heavy atom. The lowest BCUT2D eigenvalue weighted by atomic mass is 10.2. The first-order valence-electron chi connectivity index (χ1n) is 8.70. The van der Waals surface area contributed by atoms with E-state index in [0.717, 1.165) is 41.5 Å². The van der Waals surface area contributed by atoms with Crippen LogP contribution in [0.4, 0.5) is 4.79 Å². The van der Waals surface area contributed by atoms with Crippen LogP contribution in [0, 0.1) is 0 Å². The van der Waals surface area contributed by atoms with Crippen LogP contribution in [-0.2, 0) is 24.2 Å². The number of thioether (sulfide) groups is 1. The lowest BCUT2D eigenvalue weighted by molar-refractivity contribution is -0.119. The maximum absolute atomic E-state index is 13.1. The molecule has 0 unspecified atom stereocenters. The minimum absolute atomic E-state index is 0.0161. The molecule has 0 saturated carbocycles. The maximum Gasteiger partial charge on any atom is 0.321 e. The highest BCUT2D eigenvalue weighted by Crippen LogP contribution is 2.36. The highest BCUT2D eigenvalue weighted by atomic mass is 32.2. The van der Waals surface area contributed by atoms with Gasteiger partial charge >= 0.3 is 6.03 Å². The second kappa shape index (κ2) is 7.79. The third-order valence-corrected chi connectivity index (χ3v) is 6.63. The second-order valence-corrected chi connectivity index (χ2v) is 8.61. The molecule has 2 aromatic heterocycles. The van der Waals surface area contributed by atoms with Crippen molar-refractivity contribution >= 4 is 45.3 Å². The molecule has 2 aromatic rings. The number of amides is 3. The van der Waals surface area contributed by atoms with Crippen LogP contribution < -0.4 is 16.2 Å². The number of hydrogen-bond acceptors (Lipinski definition) is 6. The fourth-order valence-electron chi connectivity index (χ4n) is 3.06. The molecule has 2 heterocycles. The molecule has 7 nitrogen and oxygen atoms in total. The molecule has 0 saturated heterocycles. The summed E-state index contributed by atoms with van der Waals surface area (Å²) in [6.45, 7) is 4.26. The van der Waals surface area contributed by atoms with Gasteiger partial charge in [-0.2, -0.15) is 0 Å². The summed E-state index contributed by atoms with van der Waals surface area (Å²) in [5, 5.41) is 5.35. The van der Waals surface area contributed by atoms with Gasteiger partial charge < -0.3 is 5.32 Å². The standard InChI is InChI=1S/C17H22N4O3S2/c1-4-8-21-15(23)12-10-6-5-7-11(10)26-14(12)20-17(21)25-9(2)13(22)19-16(24)18-3/h9H,4-8H2,1-3H3,(H2,18,19,22,24)/t9-/m0/s1. The van der Waals surface area contributed by atoms with Gasteiger partial charge in [0.2, 0.25) is 5.91 Å². The number of aryl methyl sites for hydroxylation is 2. The summed E-state index contributed by atoms with van der Waals surface area (Å²) in [6.07, 6.45) is 3.84. The van der Waals surface area contributed by atoms with Gasteiger partial charge in [0, 0.05) is 18.5 Å². The number of nitrogens with zero attached hydrogens (tertiary/aromatic N) is 2. The van der Waals surface area contributed by atoms with E-state index in [1.165, 1.54) is 23.7 Å². The Hall–Kier alpha value is -1.87. The number of carbonyl (C=O) groups is 2. The Kier molecular flexibility index (Phi) is 5.67. The smallest absolute Gasteiger partial charge is 0.321 e. The molecule has 1 aliphatic rings. The fourth-order valence-corrected chi connectivity index (χ4v) is 5.29. The number of hydrogen-bond donors (Lipinski definition) is 2. The Morgan fingerprint density at radius 3 is 2.85 bits per heavy atom. The van der Waals surface area contributed by atoms with Crippen LogP contribution in [0.2, 0.25) is 0 Å². The molecule has 0 bridgehead atoms. The first-order chi connectivity index (χ1) is 12.5. The van der Waals surface area contributed by atoms with Gasteiger partial charge in [0.1, 0.15) is 4.83 Å². The summed E-state index contributed by atoms with van der Waals surface area (Å²) >= 11 is 2.80. The number of fused-ring (bicyclic) bond motifs is 3. The number of thiophene rings is 1. The number of rotatable bonds is 5. The monoisotopic (exact) mass is 394 g/mol. The van der Waals surface area contributed by atoms with Crippen LogP contribution in [0.1, 0.15) is 37.1 Å². The summed E-state index contributed by atoms with van der Waals surface area (Å²) in [7, 11) is 1.45. The van der Waals surface area contributed by atoms with Gasteiger partial charge in [0.25, 0.3) is 5.56 Å². The minimum Gasteiger partial charge on any atom is -0.341 e. The zero-order chi connectivity index (χ0) is 18.8. The molecule has 3 amide bonds. The summed E-state index contributed by atoms with van der Waals surface area (Å²) in [5.41, 5.74) is 1.15. The van der Waals surface area contributed by atoms with E-state index >= 15 is 0 Å². The van der Waals surface area contributed by atoms with E-state index in [1.807, 2.05) is 6.92 Å². The van der Waals surface area contributed by atoms with Gasteiger partial charge in [-0.1, -0.05) is 18.7 Å². The molecule has 0 aromatic carbocycles. The third kappa shape index (κ3) is 3.50. The van der Waals surface area contributed by atoms with Crippen molar-refractivity contribution in [2.45, 2.75) is 56.5 Å². The van der Waals surface area contributed by atoms with Crippen molar-refractivity contribution in [3.8, 4) is 0 Å². The summed E-state index contributed by atoms with van der Waals surface area (Å²) in [4.78, 5) is 43.3. The molecule has 140 valence electrons. The van der Waals surface area contributed by atoms with Crippen LogP contribution >= 0.6 is 23.1 Å². The Labute approximate surface area is 159 Å². The largest absolute Gasteiger partial charge is 0.341 e. The minimum atomic E-state index is -0.550. The van der Waals surface area contributed by atoms with Crippen molar-refractivity contribution in [1.29, 1.82) is 0 Å². The molecule has 0 fully saturated rings. The molecule has 9 heteroatoms. The highest BCUT2D eigenvalue weighted by Gasteiger charge is 2.25. The molecular weight excluding hydrogens is 372 g/mol. The predicted octanol–water partition coefficient (Wildman–Crippen LogP) is 2.29. The van der Waals surface area contributed by atoms with E-state index in [9.17, 15) is 14.4 Å². The molecule has 0 spiro atoms. The zero-order valence-corrected chi connectivity index (χ0v) is 16.7. The van der Waals surface area contributed by atoms with Gasteiger partial charge in [-0.3, -0.25) is 19.5 Å². The van der Waals surface area contributed by atoms with Crippen molar-refractivity contribution < 1.29 is 9.59 Å². The molecule has 1 atom stereocenters. The summed E-state index contributed by atoms with van der Waals surface area (Å²) < 4.78 is 1.67. The van der Waals surface area contributed by atoms with Gasteiger partial charge in [-0.05, 0) is 38.2 Å². The molecule has 1 aliphatic carbocycles. The van der Waals surface area contributed by atoms with E-state index in [4.69, 9.17) is 4.98 Å². The lowest BCUT2D eigenvalue weighted by Gasteiger charge is -2.15. The van der Waals surface area contributed by atoms with Crippen molar-refractivity contribution in [3.05, 3.63) is 20.8 Å². The predicted molar refractivity (Wildman–Crippen MR) is 104 cm³/mol. The highest BCUT2D eigenvalue weighted by molar-refractivity contribution is 8.00. The van der Waals surface area contributed by atoms with Crippen LogP contribution in [0.15, 0.2) is 9.95 Å². The number of nitrogens with one attached hydrogen (secondary N) is 2. The van der Waals surface area contributed by atoms with E-state index < -0.39 is 17.2 Å². The third-order valence-electron chi connectivity index (χ3n) is 4.35. The van der Waals surface area contributed by atoms with E-state index in [0.29, 0.717) is 11.7 Å². The Morgan fingerprint density at radius 1 is 1.38 bits per heavy atom. The quantitative estimate of drug-likeness (QED) is 0.600. The average Bonchev–Trinajstić information content (AvgIpc) is 3.18. The number of urea groups is 1. The second-order valence-electron chi connectivity index (χ2n) is 6.22.